The fourth-order valence-electron chi connectivity index (χ4n) is 2.55. The molecule has 0 aliphatic carbocycles. The number of halogens is 1. The molecule has 0 amide bonds. The number of hydrogen-bond donors (Lipinski definition) is 1. The van der Waals surface area contributed by atoms with E-state index in [2.05, 4.69) is 35.0 Å². The van der Waals surface area contributed by atoms with Gasteiger partial charge in [0, 0.05) is 18.7 Å². The van der Waals surface area contributed by atoms with Gasteiger partial charge in [-0.3, -0.25) is 0 Å². The summed E-state index contributed by atoms with van der Waals surface area (Å²) in [5.41, 5.74) is 8.40. The number of hydrogen-bond acceptors (Lipinski definition) is 2. The van der Waals surface area contributed by atoms with Crippen LogP contribution in [0.25, 0.3) is 0 Å². The average Bonchev–Trinajstić information content (AvgIpc) is 2.46. The Balaban J connectivity index is 0.00000242. The molecule has 0 atom stereocenters. The minimum absolute atomic E-state index is 0. The molecule has 1 fully saturated rings. The minimum atomic E-state index is 0. The number of aryl methyl sites for hydroxylation is 1. The molecule has 2 rings (SSSR count). The highest BCUT2D eigenvalue weighted by molar-refractivity contribution is 14.0. The number of likely N-dealkylation sites (tertiary alicyclic amines) is 1. The number of guanidine groups is 1. The number of nitrogens with zero attached hydrogens (tertiary/aromatic N) is 2. The first-order chi connectivity index (χ1) is 10.1. The summed E-state index contributed by atoms with van der Waals surface area (Å²) < 4.78 is 5.88. The molecule has 1 aromatic carbocycles. The van der Waals surface area contributed by atoms with Crippen molar-refractivity contribution in [3.8, 4) is 5.75 Å². The van der Waals surface area contributed by atoms with Gasteiger partial charge >= 0.3 is 0 Å². The first-order valence-corrected chi connectivity index (χ1v) is 7.87. The fourth-order valence-corrected chi connectivity index (χ4v) is 2.55. The highest BCUT2D eigenvalue weighted by Crippen LogP contribution is 2.22. The molecular weight excluding hydrogens is 389 g/mol. The number of ether oxygens (including phenoxy) is 1. The van der Waals surface area contributed by atoms with Crippen LogP contribution in [0.5, 0.6) is 5.75 Å². The Bertz CT molecular complexity index is 497. The largest absolute Gasteiger partial charge is 0.491 e. The maximum Gasteiger partial charge on any atom is 0.191 e. The van der Waals surface area contributed by atoms with Gasteiger partial charge in [-0.25, -0.2) is 4.99 Å². The van der Waals surface area contributed by atoms with E-state index in [0.29, 0.717) is 12.5 Å². The topological polar surface area (TPSA) is 50.8 Å². The van der Waals surface area contributed by atoms with Gasteiger partial charge in [-0.1, -0.05) is 12.1 Å². The summed E-state index contributed by atoms with van der Waals surface area (Å²) in [6.45, 7) is 8.78. The van der Waals surface area contributed by atoms with Crippen molar-refractivity contribution in [3.63, 3.8) is 0 Å². The van der Waals surface area contributed by atoms with E-state index in [1.54, 1.807) is 0 Å². The van der Waals surface area contributed by atoms with Crippen molar-refractivity contribution in [2.45, 2.75) is 52.7 Å². The third kappa shape index (κ3) is 5.66. The first-order valence-electron chi connectivity index (χ1n) is 7.87. The van der Waals surface area contributed by atoms with Crippen LogP contribution in [0.1, 0.15) is 44.2 Å². The predicted octanol–water partition coefficient (Wildman–Crippen LogP) is 3.70. The van der Waals surface area contributed by atoms with Crippen molar-refractivity contribution in [2.24, 2.45) is 10.7 Å². The summed E-state index contributed by atoms with van der Waals surface area (Å²) >= 11 is 0. The lowest BCUT2D eigenvalue weighted by Crippen LogP contribution is -2.40. The van der Waals surface area contributed by atoms with Crippen LogP contribution in [0.15, 0.2) is 23.2 Å². The Morgan fingerprint density at radius 3 is 2.59 bits per heavy atom. The third-order valence-corrected chi connectivity index (χ3v) is 3.68. The van der Waals surface area contributed by atoms with E-state index >= 15 is 0 Å². The number of benzene rings is 1. The van der Waals surface area contributed by atoms with Gasteiger partial charge < -0.3 is 15.4 Å². The average molecular weight is 417 g/mol. The zero-order chi connectivity index (χ0) is 15.2. The Morgan fingerprint density at radius 2 is 1.95 bits per heavy atom. The lowest BCUT2D eigenvalue weighted by Gasteiger charge is -2.27. The van der Waals surface area contributed by atoms with Crippen molar-refractivity contribution in [1.82, 2.24) is 4.90 Å². The number of rotatable bonds is 4. The summed E-state index contributed by atoms with van der Waals surface area (Å²) in [6.07, 6.45) is 3.88. The van der Waals surface area contributed by atoms with Crippen LogP contribution in [0.3, 0.4) is 0 Å². The van der Waals surface area contributed by atoms with Gasteiger partial charge in [0.1, 0.15) is 5.75 Å². The molecule has 1 aliphatic heterocycles. The smallest absolute Gasteiger partial charge is 0.191 e. The number of piperidine rings is 1. The van der Waals surface area contributed by atoms with Crippen LogP contribution < -0.4 is 10.5 Å². The molecule has 5 heteroatoms. The molecule has 0 radical (unpaired) electrons. The van der Waals surface area contributed by atoms with Crippen molar-refractivity contribution < 1.29 is 4.74 Å². The highest BCUT2D eigenvalue weighted by atomic mass is 127. The fraction of sp³-hybridized carbons (Fsp3) is 0.588. The summed E-state index contributed by atoms with van der Waals surface area (Å²) in [6, 6.07) is 6.25. The Labute approximate surface area is 151 Å². The molecule has 0 unspecified atom stereocenters. The molecule has 0 aromatic heterocycles. The van der Waals surface area contributed by atoms with E-state index in [9.17, 15) is 0 Å². The van der Waals surface area contributed by atoms with Crippen LogP contribution in [-0.2, 0) is 6.54 Å². The first kappa shape index (κ1) is 19.1. The van der Waals surface area contributed by atoms with Gasteiger partial charge in [0.05, 0.1) is 12.6 Å². The Kier molecular flexibility index (Phi) is 8.00. The van der Waals surface area contributed by atoms with Gasteiger partial charge in [0.25, 0.3) is 0 Å². The number of nitrogens with two attached hydrogens (primary N) is 1. The van der Waals surface area contributed by atoms with Gasteiger partial charge in [-0.2, -0.15) is 0 Å². The summed E-state index contributed by atoms with van der Waals surface area (Å²) in [5.74, 6) is 1.57. The molecule has 0 saturated carbocycles. The second kappa shape index (κ2) is 9.22. The lowest BCUT2D eigenvalue weighted by molar-refractivity contribution is 0.240. The van der Waals surface area contributed by atoms with E-state index in [4.69, 9.17) is 10.5 Å². The predicted molar refractivity (Wildman–Crippen MR) is 103 cm³/mol. The van der Waals surface area contributed by atoms with E-state index in [0.717, 1.165) is 24.4 Å². The molecule has 2 N–H and O–H groups in total. The maximum absolute atomic E-state index is 6.11. The van der Waals surface area contributed by atoms with Crippen molar-refractivity contribution in [3.05, 3.63) is 29.3 Å². The van der Waals surface area contributed by atoms with Gasteiger partial charge in [0.15, 0.2) is 5.96 Å². The second-order valence-electron chi connectivity index (χ2n) is 6.00. The second-order valence-corrected chi connectivity index (χ2v) is 6.00. The molecular formula is C17H28IN3O. The zero-order valence-corrected chi connectivity index (χ0v) is 16.2. The SMILES string of the molecule is Cc1ccc(CN=C(N)N2CCCCC2)c(OC(C)C)c1.I. The van der Waals surface area contributed by atoms with Gasteiger partial charge in [-0.15, -0.1) is 24.0 Å². The van der Waals surface area contributed by atoms with Gasteiger partial charge in [0.2, 0.25) is 0 Å². The van der Waals surface area contributed by atoms with Crippen LogP contribution >= 0.6 is 24.0 Å². The van der Waals surface area contributed by atoms with Crippen molar-refractivity contribution in [1.29, 1.82) is 0 Å². The third-order valence-electron chi connectivity index (χ3n) is 3.68. The molecule has 1 saturated heterocycles. The van der Waals surface area contributed by atoms with Crippen LogP contribution in [-0.4, -0.2) is 30.1 Å². The van der Waals surface area contributed by atoms with Gasteiger partial charge in [-0.05, 0) is 51.7 Å². The maximum atomic E-state index is 6.11. The molecule has 1 aliphatic rings. The Morgan fingerprint density at radius 1 is 1.27 bits per heavy atom. The Hall–Kier alpha value is -0.980. The molecule has 0 spiro atoms. The molecule has 1 aromatic rings. The van der Waals surface area contributed by atoms with Crippen LogP contribution in [0, 0.1) is 6.92 Å². The van der Waals surface area contributed by atoms with E-state index in [1.165, 1.54) is 24.8 Å². The highest BCUT2D eigenvalue weighted by Gasteiger charge is 2.12. The lowest BCUT2D eigenvalue weighted by atomic mass is 10.1. The van der Waals surface area contributed by atoms with E-state index < -0.39 is 0 Å². The van der Waals surface area contributed by atoms with Crippen molar-refractivity contribution in [2.75, 3.05) is 13.1 Å². The van der Waals surface area contributed by atoms with E-state index in [1.807, 2.05) is 13.8 Å². The van der Waals surface area contributed by atoms with Crippen molar-refractivity contribution >= 4 is 29.9 Å². The zero-order valence-electron chi connectivity index (χ0n) is 13.8. The van der Waals surface area contributed by atoms with E-state index in [-0.39, 0.29) is 30.1 Å². The molecule has 0 bridgehead atoms. The standard InChI is InChI=1S/C17H27N3O.HI/c1-13(2)21-16-11-14(3)7-8-15(16)12-19-17(18)20-9-5-4-6-10-20;/h7-8,11,13H,4-6,9-10,12H2,1-3H3,(H2,18,19);1H. The molecule has 4 nitrogen and oxygen atoms in total. The summed E-state index contributed by atoms with van der Waals surface area (Å²) in [4.78, 5) is 6.74. The quantitative estimate of drug-likeness (QED) is 0.462. The van der Waals surface area contributed by atoms with Crippen LogP contribution in [0.2, 0.25) is 0 Å². The van der Waals surface area contributed by atoms with Crippen LogP contribution in [0.4, 0.5) is 0 Å². The summed E-state index contributed by atoms with van der Waals surface area (Å²) in [5, 5.41) is 0. The summed E-state index contributed by atoms with van der Waals surface area (Å²) in [7, 11) is 0. The molecule has 124 valence electrons. The molecule has 22 heavy (non-hydrogen) atoms. The molecule has 1 heterocycles. The minimum Gasteiger partial charge on any atom is -0.491 e. The number of aliphatic imine (C=N–C) groups is 1. The monoisotopic (exact) mass is 417 g/mol. The normalized spacial score (nSPS) is 15.6.